The molecule has 1 aromatic carbocycles. The SMILES string of the molecule is COc1cc(C)c(N(C)CCCC(C)=O)cc1C. The van der Waals surface area contributed by atoms with Gasteiger partial charge in [0.05, 0.1) is 7.11 Å². The second kappa shape index (κ2) is 6.43. The molecule has 0 heterocycles. The third-order valence-electron chi connectivity index (χ3n) is 3.15. The molecule has 0 saturated heterocycles. The van der Waals surface area contributed by atoms with E-state index in [-0.39, 0.29) is 5.78 Å². The average Bonchev–Trinajstić information content (AvgIpc) is 2.30. The molecule has 0 amide bonds. The van der Waals surface area contributed by atoms with Crippen LogP contribution in [0.1, 0.15) is 30.9 Å². The predicted octanol–water partition coefficient (Wildman–Crippen LogP) is 3.12. The van der Waals surface area contributed by atoms with Gasteiger partial charge in [-0.15, -0.1) is 0 Å². The van der Waals surface area contributed by atoms with Crippen molar-refractivity contribution in [3.05, 3.63) is 23.3 Å². The van der Waals surface area contributed by atoms with Gasteiger partial charge in [-0.25, -0.2) is 0 Å². The summed E-state index contributed by atoms with van der Waals surface area (Å²) in [6.07, 6.45) is 1.55. The van der Waals surface area contributed by atoms with Gasteiger partial charge in [-0.2, -0.15) is 0 Å². The van der Waals surface area contributed by atoms with Crippen molar-refractivity contribution < 1.29 is 9.53 Å². The monoisotopic (exact) mass is 249 g/mol. The zero-order valence-corrected chi connectivity index (χ0v) is 12.0. The lowest BCUT2D eigenvalue weighted by atomic mass is 10.1. The number of hydrogen-bond acceptors (Lipinski definition) is 3. The summed E-state index contributed by atoms with van der Waals surface area (Å²) in [7, 11) is 3.76. The van der Waals surface area contributed by atoms with Gasteiger partial charge in [0, 0.05) is 25.7 Å². The van der Waals surface area contributed by atoms with Gasteiger partial charge in [-0.3, -0.25) is 0 Å². The van der Waals surface area contributed by atoms with Crippen molar-refractivity contribution >= 4 is 11.5 Å². The number of methoxy groups -OCH3 is 1. The molecule has 3 heteroatoms. The third-order valence-corrected chi connectivity index (χ3v) is 3.15. The molecule has 0 N–H and O–H groups in total. The summed E-state index contributed by atoms with van der Waals surface area (Å²) >= 11 is 0. The highest BCUT2D eigenvalue weighted by atomic mass is 16.5. The molecular weight excluding hydrogens is 226 g/mol. The van der Waals surface area contributed by atoms with Crippen LogP contribution in [0.5, 0.6) is 5.75 Å². The first-order valence-corrected chi connectivity index (χ1v) is 6.31. The van der Waals surface area contributed by atoms with Crippen molar-refractivity contribution in [2.45, 2.75) is 33.6 Å². The predicted molar refractivity (Wildman–Crippen MR) is 75.7 cm³/mol. The minimum absolute atomic E-state index is 0.256. The number of ketones is 1. The van der Waals surface area contributed by atoms with Crippen LogP contribution in [0.4, 0.5) is 5.69 Å². The summed E-state index contributed by atoms with van der Waals surface area (Å²) in [6, 6.07) is 4.20. The highest BCUT2D eigenvalue weighted by Crippen LogP contribution is 2.28. The van der Waals surface area contributed by atoms with E-state index in [1.165, 1.54) is 11.3 Å². The fourth-order valence-corrected chi connectivity index (χ4v) is 2.09. The van der Waals surface area contributed by atoms with Crippen molar-refractivity contribution in [2.75, 3.05) is 25.6 Å². The van der Waals surface area contributed by atoms with Crippen LogP contribution in [0.2, 0.25) is 0 Å². The van der Waals surface area contributed by atoms with Crippen LogP contribution in [0.25, 0.3) is 0 Å². The first-order valence-electron chi connectivity index (χ1n) is 6.31. The molecule has 0 saturated carbocycles. The molecule has 0 radical (unpaired) electrons. The van der Waals surface area contributed by atoms with E-state index in [1.54, 1.807) is 14.0 Å². The topological polar surface area (TPSA) is 29.5 Å². The molecule has 0 unspecified atom stereocenters. The fourth-order valence-electron chi connectivity index (χ4n) is 2.09. The van der Waals surface area contributed by atoms with Gasteiger partial charge in [-0.05, 0) is 50.5 Å². The van der Waals surface area contributed by atoms with E-state index in [2.05, 4.69) is 31.0 Å². The first-order chi connectivity index (χ1) is 8.45. The Bertz CT molecular complexity index is 427. The Labute approximate surface area is 110 Å². The maximum atomic E-state index is 10.9. The molecule has 18 heavy (non-hydrogen) atoms. The van der Waals surface area contributed by atoms with Crippen molar-refractivity contribution in [1.82, 2.24) is 0 Å². The van der Waals surface area contributed by atoms with E-state index in [0.29, 0.717) is 6.42 Å². The lowest BCUT2D eigenvalue weighted by Gasteiger charge is -2.22. The zero-order chi connectivity index (χ0) is 13.7. The van der Waals surface area contributed by atoms with E-state index in [1.807, 2.05) is 6.92 Å². The van der Waals surface area contributed by atoms with Gasteiger partial charge in [0.2, 0.25) is 0 Å². The number of benzene rings is 1. The molecule has 0 aliphatic carbocycles. The summed E-state index contributed by atoms with van der Waals surface area (Å²) < 4.78 is 5.31. The van der Waals surface area contributed by atoms with Crippen molar-refractivity contribution in [3.63, 3.8) is 0 Å². The summed E-state index contributed by atoms with van der Waals surface area (Å²) in [6.45, 7) is 6.67. The maximum absolute atomic E-state index is 10.9. The normalized spacial score (nSPS) is 10.3. The van der Waals surface area contributed by atoms with Crippen molar-refractivity contribution in [1.29, 1.82) is 0 Å². The molecule has 1 aromatic rings. The number of aryl methyl sites for hydroxylation is 2. The van der Waals surface area contributed by atoms with Crippen LogP contribution < -0.4 is 9.64 Å². The Hall–Kier alpha value is -1.51. The molecule has 0 spiro atoms. The largest absolute Gasteiger partial charge is 0.496 e. The quantitative estimate of drug-likeness (QED) is 0.775. The molecule has 0 bridgehead atoms. The number of carbonyl (C=O) groups excluding carboxylic acids is 1. The van der Waals surface area contributed by atoms with E-state index < -0.39 is 0 Å². The number of ether oxygens (including phenoxy) is 1. The lowest BCUT2D eigenvalue weighted by Crippen LogP contribution is -2.20. The minimum atomic E-state index is 0.256. The van der Waals surface area contributed by atoms with Crippen LogP contribution in [0.15, 0.2) is 12.1 Å². The zero-order valence-electron chi connectivity index (χ0n) is 12.0. The molecule has 0 aromatic heterocycles. The maximum Gasteiger partial charge on any atom is 0.129 e. The highest BCUT2D eigenvalue weighted by Gasteiger charge is 2.08. The van der Waals surface area contributed by atoms with Crippen LogP contribution in [0, 0.1) is 13.8 Å². The van der Waals surface area contributed by atoms with Crippen LogP contribution in [0.3, 0.4) is 0 Å². The number of nitrogens with zero attached hydrogens (tertiary/aromatic N) is 1. The van der Waals surface area contributed by atoms with Crippen molar-refractivity contribution in [3.8, 4) is 5.75 Å². The number of carbonyl (C=O) groups is 1. The Morgan fingerprint density at radius 1 is 1.28 bits per heavy atom. The average molecular weight is 249 g/mol. The van der Waals surface area contributed by atoms with Crippen LogP contribution >= 0.6 is 0 Å². The van der Waals surface area contributed by atoms with Crippen LogP contribution in [-0.4, -0.2) is 26.5 Å². The smallest absolute Gasteiger partial charge is 0.129 e. The summed E-state index contributed by atoms with van der Waals surface area (Å²) in [5.74, 6) is 1.18. The summed E-state index contributed by atoms with van der Waals surface area (Å²) in [5.41, 5.74) is 3.54. The van der Waals surface area contributed by atoms with E-state index in [9.17, 15) is 4.79 Å². The Morgan fingerprint density at radius 3 is 2.50 bits per heavy atom. The molecule has 3 nitrogen and oxygen atoms in total. The fraction of sp³-hybridized carbons (Fsp3) is 0.533. The van der Waals surface area contributed by atoms with Crippen molar-refractivity contribution in [2.24, 2.45) is 0 Å². The van der Waals surface area contributed by atoms with Crippen LogP contribution in [-0.2, 0) is 4.79 Å². The Balaban J connectivity index is 2.76. The molecule has 0 fully saturated rings. The summed E-state index contributed by atoms with van der Waals surface area (Å²) in [5, 5.41) is 0. The van der Waals surface area contributed by atoms with Gasteiger partial charge in [0.25, 0.3) is 0 Å². The Kier molecular flexibility index (Phi) is 5.20. The number of Topliss-reactive ketones (excluding diaryl/α,β-unsaturated/α-hetero) is 1. The molecule has 0 aliphatic heterocycles. The molecule has 100 valence electrons. The first kappa shape index (κ1) is 14.6. The minimum Gasteiger partial charge on any atom is -0.496 e. The van der Waals surface area contributed by atoms with E-state index in [4.69, 9.17) is 4.74 Å². The molecule has 0 atom stereocenters. The Morgan fingerprint density at radius 2 is 1.94 bits per heavy atom. The third kappa shape index (κ3) is 3.76. The number of rotatable bonds is 6. The van der Waals surface area contributed by atoms with Gasteiger partial charge in [-0.1, -0.05) is 0 Å². The lowest BCUT2D eigenvalue weighted by molar-refractivity contribution is -0.117. The van der Waals surface area contributed by atoms with Gasteiger partial charge in [0.15, 0.2) is 0 Å². The number of anilines is 1. The van der Waals surface area contributed by atoms with E-state index in [0.717, 1.165) is 24.3 Å². The standard InChI is InChI=1S/C15H23NO2/c1-11-10-15(18-5)12(2)9-14(11)16(4)8-6-7-13(3)17/h9-10H,6-8H2,1-5H3. The number of hydrogen-bond donors (Lipinski definition) is 0. The van der Waals surface area contributed by atoms with Gasteiger partial charge in [0.1, 0.15) is 11.5 Å². The second-order valence-corrected chi connectivity index (χ2v) is 4.84. The highest BCUT2D eigenvalue weighted by molar-refractivity contribution is 5.75. The summed E-state index contributed by atoms with van der Waals surface area (Å²) in [4.78, 5) is 13.1. The van der Waals surface area contributed by atoms with E-state index >= 15 is 0 Å². The molecule has 1 rings (SSSR count). The molecule has 0 aliphatic rings. The molecular formula is C15H23NO2. The van der Waals surface area contributed by atoms with Gasteiger partial charge >= 0.3 is 0 Å². The van der Waals surface area contributed by atoms with Gasteiger partial charge < -0.3 is 14.4 Å². The second-order valence-electron chi connectivity index (χ2n) is 4.84.